The summed E-state index contributed by atoms with van der Waals surface area (Å²) in [5.74, 6) is 0.410. The van der Waals surface area contributed by atoms with Crippen molar-refractivity contribution in [1.82, 2.24) is 4.90 Å². The van der Waals surface area contributed by atoms with Crippen molar-refractivity contribution >= 4 is 21.8 Å². The second-order valence-corrected chi connectivity index (χ2v) is 4.40. The normalized spacial score (nSPS) is 10.0. The number of benzene rings is 1. The van der Waals surface area contributed by atoms with Crippen LogP contribution in [0.2, 0.25) is 0 Å². The highest BCUT2D eigenvalue weighted by atomic mass is 79.9. The molecule has 0 aliphatic rings. The second kappa shape index (κ2) is 5.86. The Morgan fingerprint density at radius 3 is 2.75 bits per heavy atom. The van der Waals surface area contributed by atoms with E-state index >= 15 is 0 Å². The molecule has 1 rings (SSSR count). The first-order valence-corrected chi connectivity index (χ1v) is 5.56. The summed E-state index contributed by atoms with van der Waals surface area (Å²) >= 11 is 3.30. The summed E-state index contributed by atoms with van der Waals surface area (Å²) in [6.07, 6.45) is 0. The Bertz CT molecular complexity index is 379. The molecule has 0 saturated heterocycles. The summed E-state index contributed by atoms with van der Waals surface area (Å²) in [5.41, 5.74) is 0.654. The molecule has 0 aromatic heterocycles. The van der Waals surface area contributed by atoms with E-state index in [1.54, 1.807) is 32.3 Å². The molecule has 5 heteroatoms. The van der Waals surface area contributed by atoms with Gasteiger partial charge in [0.2, 0.25) is 0 Å². The maximum absolute atomic E-state index is 11.3. The number of aliphatic hydroxyl groups excluding tert-OH is 1. The number of halogens is 1. The Kier molecular flexibility index (Phi) is 4.76. The van der Waals surface area contributed by atoms with Crippen molar-refractivity contribution in [2.45, 2.75) is 6.61 Å². The Balaban J connectivity index is 2.70. The lowest BCUT2D eigenvalue weighted by Crippen LogP contribution is -2.27. The average molecular weight is 288 g/mol. The van der Waals surface area contributed by atoms with Gasteiger partial charge >= 0.3 is 0 Å². The van der Waals surface area contributed by atoms with Crippen LogP contribution in [-0.2, 0) is 11.4 Å². The molecule has 16 heavy (non-hydrogen) atoms. The zero-order chi connectivity index (χ0) is 12.1. The third-order valence-corrected chi connectivity index (χ3v) is 2.54. The smallest absolute Gasteiger partial charge is 0.259 e. The SMILES string of the molecule is CN(C)C(=O)COc1ccc(Br)cc1CO. The van der Waals surface area contributed by atoms with Crippen molar-refractivity contribution in [3.05, 3.63) is 28.2 Å². The Morgan fingerprint density at radius 1 is 1.50 bits per heavy atom. The van der Waals surface area contributed by atoms with Gasteiger partial charge in [-0.1, -0.05) is 15.9 Å². The van der Waals surface area contributed by atoms with Crippen molar-refractivity contribution in [3.8, 4) is 5.75 Å². The zero-order valence-electron chi connectivity index (χ0n) is 9.24. The molecule has 0 aliphatic heterocycles. The highest BCUT2D eigenvalue weighted by molar-refractivity contribution is 9.10. The fraction of sp³-hybridized carbons (Fsp3) is 0.364. The zero-order valence-corrected chi connectivity index (χ0v) is 10.8. The molecule has 1 N–H and O–H groups in total. The van der Waals surface area contributed by atoms with Crippen molar-refractivity contribution < 1.29 is 14.6 Å². The number of aliphatic hydroxyl groups is 1. The number of rotatable bonds is 4. The van der Waals surface area contributed by atoms with Crippen LogP contribution in [-0.4, -0.2) is 36.6 Å². The highest BCUT2D eigenvalue weighted by Gasteiger charge is 2.08. The van der Waals surface area contributed by atoms with Crippen LogP contribution in [0.15, 0.2) is 22.7 Å². The number of carbonyl (C=O) groups is 1. The van der Waals surface area contributed by atoms with Gasteiger partial charge in [0, 0.05) is 24.1 Å². The van der Waals surface area contributed by atoms with Crippen LogP contribution in [0.3, 0.4) is 0 Å². The van der Waals surface area contributed by atoms with Crippen molar-refractivity contribution in [2.75, 3.05) is 20.7 Å². The lowest BCUT2D eigenvalue weighted by Gasteiger charge is -2.13. The van der Waals surface area contributed by atoms with Gasteiger partial charge in [0.05, 0.1) is 6.61 Å². The van der Waals surface area contributed by atoms with Crippen LogP contribution < -0.4 is 4.74 Å². The minimum absolute atomic E-state index is 0.0262. The van der Waals surface area contributed by atoms with Crippen molar-refractivity contribution in [2.24, 2.45) is 0 Å². The second-order valence-electron chi connectivity index (χ2n) is 3.49. The Hall–Kier alpha value is -1.07. The molecule has 0 radical (unpaired) electrons. The maximum Gasteiger partial charge on any atom is 0.259 e. The van der Waals surface area contributed by atoms with Crippen LogP contribution in [0.25, 0.3) is 0 Å². The summed E-state index contributed by atoms with van der Waals surface area (Å²) in [7, 11) is 3.33. The molecule has 0 heterocycles. The summed E-state index contributed by atoms with van der Waals surface area (Å²) in [6.45, 7) is -0.146. The van der Waals surface area contributed by atoms with E-state index in [2.05, 4.69) is 15.9 Å². The molecule has 88 valence electrons. The monoisotopic (exact) mass is 287 g/mol. The summed E-state index contributed by atoms with van der Waals surface area (Å²) in [5, 5.41) is 9.12. The van der Waals surface area contributed by atoms with E-state index in [4.69, 9.17) is 9.84 Å². The number of carbonyl (C=O) groups excluding carboxylic acids is 1. The van der Waals surface area contributed by atoms with Gasteiger partial charge in [-0.25, -0.2) is 0 Å². The molecule has 4 nitrogen and oxygen atoms in total. The molecule has 0 bridgehead atoms. The quantitative estimate of drug-likeness (QED) is 0.911. The number of nitrogens with zero attached hydrogens (tertiary/aromatic N) is 1. The van der Waals surface area contributed by atoms with Crippen LogP contribution >= 0.6 is 15.9 Å². The third kappa shape index (κ3) is 3.50. The fourth-order valence-electron chi connectivity index (χ4n) is 1.08. The standard InChI is InChI=1S/C11H14BrNO3/c1-13(2)11(15)7-16-10-4-3-9(12)5-8(10)6-14/h3-5,14H,6-7H2,1-2H3. The van der Waals surface area contributed by atoms with Crippen LogP contribution in [0.1, 0.15) is 5.56 Å². The minimum atomic E-state index is -0.120. The van der Waals surface area contributed by atoms with Gasteiger partial charge in [0.1, 0.15) is 5.75 Å². The number of likely N-dealkylation sites (N-methyl/N-ethyl adjacent to an activating group) is 1. The first kappa shape index (κ1) is 13.0. The van der Waals surface area contributed by atoms with E-state index in [1.807, 2.05) is 0 Å². The van der Waals surface area contributed by atoms with Gasteiger partial charge in [-0.3, -0.25) is 4.79 Å². The molecular weight excluding hydrogens is 274 g/mol. The van der Waals surface area contributed by atoms with E-state index < -0.39 is 0 Å². The van der Waals surface area contributed by atoms with Gasteiger partial charge in [0.15, 0.2) is 6.61 Å². The third-order valence-electron chi connectivity index (χ3n) is 2.04. The molecule has 0 aliphatic carbocycles. The molecule has 1 amide bonds. The first-order valence-electron chi connectivity index (χ1n) is 4.77. The van der Waals surface area contributed by atoms with Gasteiger partial charge in [0.25, 0.3) is 5.91 Å². The minimum Gasteiger partial charge on any atom is -0.483 e. The largest absolute Gasteiger partial charge is 0.483 e. The molecule has 0 atom stereocenters. The molecule has 1 aromatic carbocycles. The molecular formula is C11H14BrNO3. The Morgan fingerprint density at radius 2 is 2.19 bits per heavy atom. The van der Waals surface area contributed by atoms with Crippen LogP contribution in [0, 0.1) is 0 Å². The van der Waals surface area contributed by atoms with E-state index in [-0.39, 0.29) is 19.1 Å². The van der Waals surface area contributed by atoms with E-state index in [9.17, 15) is 4.79 Å². The molecule has 1 aromatic rings. The van der Waals surface area contributed by atoms with Gasteiger partial charge in [-0.2, -0.15) is 0 Å². The van der Waals surface area contributed by atoms with Gasteiger partial charge in [-0.05, 0) is 18.2 Å². The number of amides is 1. The molecule has 0 fully saturated rings. The van der Waals surface area contributed by atoms with Crippen molar-refractivity contribution in [3.63, 3.8) is 0 Å². The van der Waals surface area contributed by atoms with E-state index in [0.717, 1.165) is 4.47 Å². The lowest BCUT2D eigenvalue weighted by molar-refractivity contribution is -0.130. The molecule has 0 unspecified atom stereocenters. The molecule has 0 saturated carbocycles. The molecule has 0 spiro atoms. The maximum atomic E-state index is 11.3. The Labute approximate surface area is 103 Å². The lowest BCUT2D eigenvalue weighted by atomic mass is 10.2. The fourth-order valence-corrected chi connectivity index (χ4v) is 1.49. The average Bonchev–Trinajstić information content (AvgIpc) is 2.26. The van der Waals surface area contributed by atoms with Crippen molar-refractivity contribution in [1.29, 1.82) is 0 Å². The number of hydrogen-bond acceptors (Lipinski definition) is 3. The summed E-state index contributed by atoms with van der Waals surface area (Å²) in [4.78, 5) is 12.8. The summed E-state index contributed by atoms with van der Waals surface area (Å²) in [6, 6.07) is 5.28. The van der Waals surface area contributed by atoms with Gasteiger partial charge < -0.3 is 14.7 Å². The summed E-state index contributed by atoms with van der Waals surface area (Å²) < 4.78 is 6.20. The first-order chi connectivity index (χ1) is 7.54. The highest BCUT2D eigenvalue weighted by Crippen LogP contribution is 2.23. The van der Waals surface area contributed by atoms with Crippen LogP contribution in [0.4, 0.5) is 0 Å². The van der Waals surface area contributed by atoms with E-state index in [1.165, 1.54) is 4.90 Å². The number of ether oxygens (including phenoxy) is 1. The predicted octanol–water partition coefficient (Wildman–Crippen LogP) is 1.41. The topological polar surface area (TPSA) is 49.8 Å². The van der Waals surface area contributed by atoms with E-state index in [0.29, 0.717) is 11.3 Å². The van der Waals surface area contributed by atoms with Crippen LogP contribution in [0.5, 0.6) is 5.75 Å². The predicted molar refractivity (Wildman–Crippen MR) is 64.3 cm³/mol. The number of hydrogen-bond donors (Lipinski definition) is 1. The van der Waals surface area contributed by atoms with Gasteiger partial charge in [-0.15, -0.1) is 0 Å².